The fourth-order valence-corrected chi connectivity index (χ4v) is 5.00. The van der Waals surface area contributed by atoms with Gasteiger partial charge < -0.3 is 14.0 Å². The Hall–Kier alpha value is -2.89. The van der Waals surface area contributed by atoms with Gasteiger partial charge in [0.15, 0.2) is 7.28 Å². The summed E-state index contributed by atoms with van der Waals surface area (Å²) in [4.78, 5) is 12.3. The predicted octanol–water partition coefficient (Wildman–Crippen LogP) is 5.89. The van der Waals surface area contributed by atoms with Crippen molar-refractivity contribution in [3.05, 3.63) is 42.5 Å². The summed E-state index contributed by atoms with van der Waals surface area (Å²) < 4.78 is 13.9. The van der Waals surface area contributed by atoms with Gasteiger partial charge >= 0.3 is 6.09 Å². The zero-order valence-electron chi connectivity index (χ0n) is 19.9. The Labute approximate surface area is 196 Å². The summed E-state index contributed by atoms with van der Waals surface area (Å²) >= 11 is 0. The van der Waals surface area contributed by atoms with Crippen LogP contribution in [0.1, 0.15) is 52.0 Å². The summed E-state index contributed by atoms with van der Waals surface area (Å²) in [6.45, 7) is 6.89. The maximum absolute atomic E-state index is 12.3. The molecule has 3 aromatic rings. The lowest BCUT2D eigenvalue weighted by molar-refractivity contribution is 0.108. The Kier molecular flexibility index (Phi) is 6.09. The Morgan fingerprint density at radius 3 is 2.52 bits per heavy atom. The van der Waals surface area contributed by atoms with Gasteiger partial charge in [-0.2, -0.15) is 0 Å². The maximum atomic E-state index is 12.3. The van der Waals surface area contributed by atoms with Crippen LogP contribution in [0, 0.1) is 5.92 Å². The molecule has 1 unspecified atom stereocenters. The van der Waals surface area contributed by atoms with E-state index in [-0.39, 0.29) is 12.2 Å². The summed E-state index contributed by atoms with van der Waals surface area (Å²) in [7, 11) is 0.963. The zero-order chi connectivity index (χ0) is 22.9. The topological polar surface area (TPSA) is 52.5 Å². The molecular weight excluding hydrogens is 411 g/mol. The largest absolute Gasteiger partial charge is 0.494 e. The number of nitrogens with zero attached hydrogens (tertiary/aromatic N) is 1. The Balaban J connectivity index is 1.47. The van der Waals surface area contributed by atoms with E-state index in [9.17, 15) is 4.79 Å². The average Bonchev–Trinajstić information content (AvgIpc) is 3.57. The molecule has 2 saturated carbocycles. The molecule has 0 aliphatic heterocycles. The Morgan fingerprint density at radius 2 is 1.91 bits per heavy atom. The highest BCUT2D eigenvalue weighted by Gasteiger charge is 2.31. The number of anilines is 1. The summed E-state index contributed by atoms with van der Waals surface area (Å²) in [5.74, 6) is 1.46. The van der Waals surface area contributed by atoms with Crippen molar-refractivity contribution in [2.75, 3.05) is 11.9 Å². The molecule has 1 N–H and O–H groups in total. The van der Waals surface area contributed by atoms with E-state index < -0.39 is 0 Å². The molecule has 5 nitrogen and oxygen atoms in total. The van der Waals surface area contributed by atoms with E-state index >= 15 is 0 Å². The summed E-state index contributed by atoms with van der Waals surface area (Å²) in [5.41, 5.74) is 5.87. The molecule has 1 heterocycles. The van der Waals surface area contributed by atoms with Crippen LogP contribution >= 0.6 is 0 Å². The van der Waals surface area contributed by atoms with E-state index in [0.717, 1.165) is 31.6 Å². The van der Waals surface area contributed by atoms with Crippen molar-refractivity contribution in [2.45, 2.75) is 64.9 Å². The molecule has 33 heavy (non-hydrogen) atoms. The second-order valence-corrected chi connectivity index (χ2v) is 9.40. The molecule has 2 aliphatic carbocycles. The van der Waals surface area contributed by atoms with E-state index in [0.29, 0.717) is 18.6 Å². The van der Waals surface area contributed by atoms with Crippen molar-refractivity contribution >= 4 is 35.4 Å². The highest BCUT2D eigenvalue weighted by Crippen LogP contribution is 2.40. The minimum Gasteiger partial charge on any atom is -0.494 e. The quantitative estimate of drug-likeness (QED) is 0.441. The van der Waals surface area contributed by atoms with Crippen LogP contribution in [0.2, 0.25) is 6.82 Å². The van der Waals surface area contributed by atoms with Crippen molar-refractivity contribution in [1.29, 1.82) is 0 Å². The van der Waals surface area contributed by atoms with E-state index in [2.05, 4.69) is 47.0 Å². The van der Waals surface area contributed by atoms with Crippen LogP contribution in [0.3, 0.4) is 0 Å². The highest BCUT2D eigenvalue weighted by molar-refractivity contribution is 6.58. The van der Waals surface area contributed by atoms with Gasteiger partial charge in [0, 0.05) is 23.5 Å². The van der Waals surface area contributed by atoms with Crippen molar-refractivity contribution in [3.8, 4) is 17.0 Å². The van der Waals surface area contributed by atoms with Gasteiger partial charge in [-0.05, 0) is 87.1 Å². The first kappa shape index (κ1) is 21.9. The van der Waals surface area contributed by atoms with E-state index in [4.69, 9.17) is 9.47 Å². The molecule has 6 heteroatoms. The van der Waals surface area contributed by atoms with Crippen molar-refractivity contribution < 1.29 is 14.3 Å². The van der Waals surface area contributed by atoms with Crippen LogP contribution in [0.15, 0.2) is 42.5 Å². The van der Waals surface area contributed by atoms with E-state index in [1.165, 1.54) is 46.9 Å². The number of hydrogen-bond donors (Lipinski definition) is 1. The molecular formula is C27H33BN2O3. The van der Waals surface area contributed by atoms with Crippen LogP contribution < -0.4 is 15.5 Å². The second kappa shape index (κ2) is 9.16. The molecule has 0 saturated heterocycles. The molecule has 1 atom stereocenters. The zero-order valence-corrected chi connectivity index (χ0v) is 19.9. The number of benzene rings is 2. The number of rotatable bonds is 8. The van der Waals surface area contributed by atoms with E-state index in [1.54, 1.807) is 0 Å². The van der Waals surface area contributed by atoms with Gasteiger partial charge in [0.2, 0.25) is 0 Å². The third-order valence-corrected chi connectivity index (χ3v) is 7.17. The SMILES string of the molecule is CBc1c(-c2ccc(NC(=O)OC(C)C3CC3)cc2)n(C2CCC2)c2cc(OCC)ccc12. The molecule has 0 radical (unpaired) electrons. The molecule has 2 fully saturated rings. The first-order chi connectivity index (χ1) is 16.1. The lowest BCUT2D eigenvalue weighted by Crippen LogP contribution is -2.22. The first-order valence-corrected chi connectivity index (χ1v) is 12.5. The molecule has 1 aromatic heterocycles. The summed E-state index contributed by atoms with van der Waals surface area (Å²) in [6.07, 6.45) is 5.63. The third kappa shape index (κ3) is 4.35. The molecule has 172 valence electrons. The van der Waals surface area contributed by atoms with Gasteiger partial charge in [-0.25, -0.2) is 4.79 Å². The molecule has 0 bridgehead atoms. The van der Waals surface area contributed by atoms with Gasteiger partial charge in [0.05, 0.1) is 12.1 Å². The first-order valence-electron chi connectivity index (χ1n) is 12.5. The fraction of sp³-hybridized carbons (Fsp3) is 0.444. The van der Waals surface area contributed by atoms with Gasteiger partial charge in [-0.1, -0.05) is 24.4 Å². The molecule has 1 amide bonds. The van der Waals surface area contributed by atoms with E-state index in [1.807, 2.05) is 26.0 Å². The number of ether oxygens (including phenoxy) is 2. The van der Waals surface area contributed by atoms with Crippen molar-refractivity contribution in [1.82, 2.24) is 4.57 Å². The standard InChI is InChI=1S/C27H33BN2O3/c1-4-32-22-14-15-23-24(16-22)30(21-6-5-7-21)26(25(23)28-3)19-10-12-20(13-11-19)29-27(31)33-17(2)18-8-9-18/h10-18,21,28H,4-9H2,1-3H3,(H,29,31). The monoisotopic (exact) mass is 444 g/mol. The predicted molar refractivity (Wildman–Crippen MR) is 136 cm³/mol. The fourth-order valence-electron chi connectivity index (χ4n) is 5.00. The number of hydrogen-bond acceptors (Lipinski definition) is 3. The average molecular weight is 444 g/mol. The molecule has 0 spiro atoms. The third-order valence-electron chi connectivity index (χ3n) is 7.17. The highest BCUT2D eigenvalue weighted by atomic mass is 16.6. The van der Waals surface area contributed by atoms with Gasteiger partial charge in [-0.3, -0.25) is 5.32 Å². The van der Waals surface area contributed by atoms with Crippen LogP contribution in [-0.4, -0.2) is 30.7 Å². The normalized spacial score (nSPS) is 16.8. The molecule has 2 aromatic carbocycles. The lowest BCUT2D eigenvalue weighted by Gasteiger charge is -2.30. The summed E-state index contributed by atoms with van der Waals surface area (Å²) in [6, 6.07) is 15.2. The smallest absolute Gasteiger partial charge is 0.411 e. The number of fused-ring (bicyclic) bond motifs is 1. The van der Waals surface area contributed by atoms with Crippen molar-refractivity contribution in [2.24, 2.45) is 5.92 Å². The maximum Gasteiger partial charge on any atom is 0.411 e. The number of amides is 1. The number of aromatic nitrogens is 1. The second-order valence-electron chi connectivity index (χ2n) is 9.40. The van der Waals surface area contributed by atoms with Gasteiger partial charge in [0.25, 0.3) is 0 Å². The minimum absolute atomic E-state index is 0.0175. The van der Waals surface area contributed by atoms with Crippen LogP contribution in [0.25, 0.3) is 22.2 Å². The minimum atomic E-state index is -0.372. The Bertz CT molecular complexity index is 1150. The molecule has 5 rings (SSSR count). The van der Waals surface area contributed by atoms with Crippen molar-refractivity contribution in [3.63, 3.8) is 0 Å². The van der Waals surface area contributed by atoms with Crippen LogP contribution in [0.5, 0.6) is 5.75 Å². The number of carbonyl (C=O) groups is 1. The number of nitrogens with one attached hydrogen (secondary N) is 1. The summed E-state index contributed by atoms with van der Waals surface area (Å²) in [5, 5.41) is 4.19. The van der Waals surface area contributed by atoms with Crippen LogP contribution in [0.4, 0.5) is 10.5 Å². The Morgan fingerprint density at radius 1 is 1.15 bits per heavy atom. The lowest BCUT2D eigenvalue weighted by atomic mass is 9.70. The van der Waals surface area contributed by atoms with Gasteiger partial charge in [0.1, 0.15) is 11.9 Å². The van der Waals surface area contributed by atoms with Gasteiger partial charge in [-0.15, -0.1) is 0 Å². The number of carbonyl (C=O) groups excluding carboxylic acids is 1. The molecule has 2 aliphatic rings. The van der Waals surface area contributed by atoms with Crippen LogP contribution in [-0.2, 0) is 4.74 Å².